The number of carbonyl (C=O) groups excluding carboxylic acids is 2. The Morgan fingerprint density at radius 2 is 1.72 bits per heavy atom. The highest BCUT2D eigenvalue weighted by Gasteiger charge is 2.44. The summed E-state index contributed by atoms with van der Waals surface area (Å²) in [4.78, 5) is 24.9. The second-order valence-electron chi connectivity index (χ2n) is 8.53. The fraction of sp³-hybridized carbons (Fsp3) is 0.500. The van der Waals surface area contributed by atoms with Crippen LogP contribution >= 0.6 is 0 Å². The van der Waals surface area contributed by atoms with E-state index in [0.717, 1.165) is 0 Å². The van der Waals surface area contributed by atoms with Crippen molar-refractivity contribution in [2.75, 3.05) is 5.32 Å². The number of rotatable bonds is 3. The van der Waals surface area contributed by atoms with Crippen LogP contribution in [0.5, 0.6) is 5.75 Å². The van der Waals surface area contributed by atoms with Crippen molar-refractivity contribution in [2.45, 2.75) is 53.8 Å². The van der Waals surface area contributed by atoms with Crippen molar-refractivity contribution in [1.82, 2.24) is 0 Å². The molecule has 1 aliphatic rings. The van der Waals surface area contributed by atoms with Gasteiger partial charge in [0.05, 0.1) is 17.8 Å². The van der Waals surface area contributed by atoms with Gasteiger partial charge >= 0.3 is 0 Å². The number of aliphatic hydroxyl groups is 1. The van der Waals surface area contributed by atoms with Crippen LogP contribution in [0.25, 0.3) is 0 Å². The summed E-state index contributed by atoms with van der Waals surface area (Å²) in [5, 5.41) is 14.2. The molecule has 0 unspecified atom stereocenters. The zero-order valence-electron chi connectivity index (χ0n) is 15.8. The van der Waals surface area contributed by atoms with Crippen molar-refractivity contribution in [2.24, 2.45) is 10.8 Å². The van der Waals surface area contributed by atoms with Gasteiger partial charge in [0.25, 0.3) is 5.79 Å². The van der Waals surface area contributed by atoms with Crippen molar-refractivity contribution in [3.8, 4) is 5.75 Å². The molecule has 0 fully saturated rings. The van der Waals surface area contributed by atoms with Gasteiger partial charge in [-0.3, -0.25) is 9.59 Å². The molecule has 2 N–H and O–H groups in total. The highest BCUT2D eigenvalue weighted by molar-refractivity contribution is 5.95. The number of hydrogen-bond acceptors (Lipinski definition) is 5. The largest absolute Gasteiger partial charge is 0.454 e. The number of hydrogen-bond donors (Lipinski definition) is 2. The summed E-state index contributed by atoms with van der Waals surface area (Å²) < 4.78 is 5.76. The first-order chi connectivity index (χ1) is 11.3. The van der Waals surface area contributed by atoms with E-state index in [-0.39, 0.29) is 23.7 Å². The summed E-state index contributed by atoms with van der Waals surface area (Å²) >= 11 is 0. The van der Waals surface area contributed by atoms with Gasteiger partial charge in [0.1, 0.15) is 11.5 Å². The minimum Gasteiger partial charge on any atom is -0.454 e. The molecule has 0 radical (unpaired) electrons. The number of para-hydroxylation sites is 2. The average molecular weight is 345 g/mol. The maximum absolute atomic E-state index is 12.5. The topological polar surface area (TPSA) is 75.6 Å². The molecular formula is C20H27NO4. The van der Waals surface area contributed by atoms with E-state index in [1.807, 2.05) is 6.07 Å². The van der Waals surface area contributed by atoms with Gasteiger partial charge in [-0.1, -0.05) is 53.7 Å². The summed E-state index contributed by atoms with van der Waals surface area (Å²) in [7, 11) is 0. The maximum atomic E-state index is 12.5. The van der Waals surface area contributed by atoms with E-state index in [4.69, 9.17) is 4.74 Å². The van der Waals surface area contributed by atoms with E-state index in [1.54, 1.807) is 59.7 Å². The van der Waals surface area contributed by atoms with E-state index < -0.39 is 16.6 Å². The number of benzene rings is 1. The summed E-state index contributed by atoms with van der Waals surface area (Å²) in [6, 6.07) is 7.09. The summed E-state index contributed by atoms with van der Waals surface area (Å²) in [6.45, 7) is 10.7. The average Bonchev–Trinajstić information content (AvgIpc) is 2.45. The second-order valence-corrected chi connectivity index (χ2v) is 8.53. The predicted molar refractivity (Wildman–Crippen MR) is 97.3 cm³/mol. The lowest BCUT2D eigenvalue weighted by molar-refractivity contribution is -0.148. The summed E-state index contributed by atoms with van der Waals surface area (Å²) in [5.41, 5.74) is -0.414. The van der Waals surface area contributed by atoms with Crippen LogP contribution in [0.3, 0.4) is 0 Å². The third-order valence-corrected chi connectivity index (χ3v) is 4.11. The molecule has 136 valence electrons. The van der Waals surface area contributed by atoms with Crippen molar-refractivity contribution >= 4 is 17.3 Å². The zero-order valence-corrected chi connectivity index (χ0v) is 15.8. The molecule has 1 aromatic carbocycles. The van der Waals surface area contributed by atoms with Crippen LogP contribution in [-0.4, -0.2) is 22.5 Å². The SMILES string of the molecule is CC(C)(C)C(=O)C=C1Nc2ccccc2O[C@@]1(O)CC(=O)C(C)(C)C. The molecule has 0 bridgehead atoms. The van der Waals surface area contributed by atoms with Crippen LogP contribution in [0.2, 0.25) is 0 Å². The lowest BCUT2D eigenvalue weighted by Crippen LogP contribution is -2.47. The molecule has 5 nitrogen and oxygen atoms in total. The standard InChI is InChI=1S/C20H27NO4/c1-18(2,3)16(22)11-15-20(24,12-17(23)19(4,5)6)25-14-10-8-7-9-13(14)21-15/h7-11,21,24H,12H2,1-6H3/t20-/m0/s1. The van der Waals surface area contributed by atoms with Crippen molar-refractivity contribution in [3.63, 3.8) is 0 Å². The molecule has 0 aromatic heterocycles. The molecule has 1 aliphatic heterocycles. The van der Waals surface area contributed by atoms with Crippen molar-refractivity contribution < 1.29 is 19.4 Å². The predicted octanol–water partition coefficient (Wildman–Crippen LogP) is 3.68. The van der Waals surface area contributed by atoms with Crippen LogP contribution < -0.4 is 10.1 Å². The second kappa shape index (κ2) is 6.30. The van der Waals surface area contributed by atoms with Crippen molar-refractivity contribution in [1.29, 1.82) is 0 Å². The number of Topliss-reactive ketones (excluding diaryl/α,β-unsaturated/α-hetero) is 1. The highest BCUT2D eigenvalue weighted by atomic mass is 16.6. The van der Waals surface area contributed by atoms with Crippen LogP contribution in [0.4, 0.5) is 5.69 Å². The number of allylic oxidation sites excluding steroid dienone is 1. The first-order valence-electron chi connectivity index (χ1n) is 8.40. The van der Waals surface area contributed by atoms with Crippen LogP contribution in [0, 0.1) is 10.8 Å². The minimum absolute atomic E-state index is 0.162. The lowest BCUT2D eigenvalue weighted by atomic mass is 9.84. The molecule has 1 aromatic rings. The zero-order chi connectivity index (χ0) is 19.0. The third-order valence-electron chi connectivity index (χ3n) is 4.11. The number of fused-ring (bicyclic) bond motifs is 1. The summed E-state index contributed by atoms with van der Waals surface area (Å²) in [5.74, 6) is -1.79. The molecular weight excluding hydrogens is 318 g/mol. The normalized spacial score (nSPS) is 22.0. The summed E-state index contributed by atoms with van der Waals surface area (Å²) in [6.07, 6.45) is 1.09. The number of ketones is 2. The fourth-order valence-electron chi connectivity index (χ4n) is 2.25. The number of nitrogens with one attached hydrogen (secondary N) is 1. The van der Waals surface area contributed by atoms with Gasteiger partial charge < -0.3 is 15.2 Å². The molecule has 5 heteroatoms. The molecule has 0 saturated carbocycles. The minimum atomic E-state index is -1.90. The van der Waals surface area contributed by atoms with Gasteiger partial charge in [-0.2, -0.15) is 0 Å². The van der Waals surface area contributed by atoms with Gasteiger partial charge in [0.15, 0.2) is 5.78 Å². The van der Waals surface area contributed by atoms with Crippen LogP contribution in [-0.2, 0) is 9.59 Å². The van der Waals surface area contributed by atoms with E-state index in [9.17, 15) is 14.7 Å². The Balaban J connectivity index is 2.47. The van der Waals surface area contributed by atoms with E-state index >= 15 is 0 Å². The van der Waals surface area contributed by atoms with Gasteiger partial charge in [0, 0.05) is 16.9 Å². The molecule has 0 saturated heterocycles. The first kappa shape index (κ1) is 19.2. The number of ether oxygens (including phenoxy) is 1. The van der Waals surface area contributed by atoms with Crippen molar-refractivity contribution in [3.05, 3.63) is 36.0 Å². The molecule has 0 aliphatic carbocycles. The Morgan fingerprint density at radius 3 is 2.28 bits per heavy atom. The maximum Gasteiger partial charge on any atom is 0.257 e. The van der Waals surface area contributed by atoms with Gasteiger partial charge in [-0.25, -0.2) is 0 Å². The third kappa shape index (κ3) is 4.28. The monoisotopic (exact) mass is 345 g/mol. The molecule has 25 heavy (non-hydrogen) atoms. The lowest BCUT2D eigenvalue weighted by Gasteiger charge is -2.38. The van der Waals surface area contributed by atoms with Crippen LogP contribution in [0.15, 0.2) is 36.0 Å². The smallest absolute Gasteiger partial charge is 0.257 e. The molecule has 1 heterocycles. The molecule has 0 amide bonds. The molecule has 0 spiro atoms. The van der Waals surface area contributed by atoms with Gasteiger partial charge in [-0.15, -0.1) is 0 Å². The van der Waals surface area contributed by atoms with E-state index in [2.05, 4.69) is 5.32 Å². The Bertz CT molecular complexity index is 722. The molecule has 1 atom stereocenters. The van der Waals surface area contributed by atoms with Gasteiger partial charge in [0.2, 0.25) is 0 Å². The fourth-order valence-corrected chi connectivity index (χ4v) is 2.25. The van der Waals surface area contributed by atoms with Gasteiger partial charge in [-0.05, 0) is 12.1 Å². The van der Waals surface area contributed by atoms with Crippen LogP contribution in [0.1, 0.15) is 48.0 Å². The molecule has 2 rings (SSSR count). The Morgan fingerprint density at radius 1 is 1.12 bits per heavy atom. The van der Waals surface area contributed by atoms with E-state index in [1.165, 1.54) is 6.08 Å². The quantitative estimate of drug-likeness (QED) is 0.817. The Labute approximate surface area is 149 Å². The first-order valence-corrected chi connectivity index (χ1v) is 8.40. The Kier molecular flexibility index (Phi) is 4.83. The number of anilines is 1. The highest BCUT2D eigenvalue weighted by Crippen LogP contribution is 2.39. The Hall–Kier alpha value is -2.14. The van der Waals surface area contributed by atoms with E-state index in [0.29, 0.717) is 11.4 Å². The number of carbonyl (C=O) groups is 2.